The van der Waals surface area contributed by atoms with E-state index in [1.165, 1.54) is 9.13 Å². The molecule has 0 amide bonds. The number of imidazole rings is 1. The third-order valence-electron chi connectivity index (χ3n) is 5.41. The maximum Gasteiger partial charge on any atom is 0.332 e. The fourth-order valence-electron chi connectivity index (χ4n) is 3.65. The van der Waals surface area contributed by atoms with Gasteiger partial charge < -0.3 is 14.0 Å². The molecule has 0 spiro atoms. The van der Waals surface area contributed by atoms with Crippen molar-refractivity contribution in [2.75, 3.05) is 19.1 Å². The minimum Gasteiger partial charge on any atom is -0.493 e. The van der Waals surface area contributed by atoms with E-state index in [1.807, 2.05) is 49.4 Å². The Labute approximate surface area is 195 Å². The van der Waals surface area contributed by atoms with Crippen LogP contribution >= 0.6 is 0 Å². The van der Waals surface area contributed by atoms with Gasteiger partial charge in [-0.05, 0) is 36.2 Å². The number of benzene rings is 2. The van der Waals surface area contributed by atoms with Crippen molar-refractivity contribution in [2.24, 2.45) is 19.2 Å². The zero-order valence-electron chi connectivity index (χ0n) is 19.5. The van der Waals surface area contributed by atoms with Gasteiger partial charge >= 0.3 is 5.69 Å². The number of aryl methyl sites for hydroxylation is 2. The van der Waals surface area contributed by atoms with Gasteiger partial charge in [0, 0.05) is 14.1 Å². The van der Waals surface area contributed by atoms with Gasteiger partial charge in [-0.15, -0.1) is 0 Å². The molecular formula is C24H26N6O4. The number of anilines is 1. The van der Waals surface area contributed by atoms with E-state index in [0.29, 0.717) is 29.6 Å². The van der Waals surface area contributed by atoms with Gasteiger partial charge in [0.2, 0.25) is 5.95 Å². The van der Waals surface area contributed by atoms with Crippen LogP contribution in [-0.4, -0.2) is 38.6 Å². The maximum atomic E-state index is 13.2. The number of hydrogen-bond acceptors (Lipinski definition) is 7. The molecule has 2 aromatic carbocycles. The third-order valence-corrected chi connectivity index (χ3v) is 5.41. The first kappa shape index (κ1) is 22.8. The first-order chi connectivity index (χ1) is 16.4. The van der Waals surface area contributed by atoms with Crippen LogP contribution in [-0.2, 0) is 20.6 Å². The Morgan fingerprint density at radius 3 is 2.53 bits per heavy atom. The highest BCUT2D eigenvalue weighted by Gasteiger charge is 2.18. The number of fused-ring (bicyclic) bond motifs is 1. The van der Waals surface area contributed by atoms with Crippen LogP contribution in [0, 0.1) is 0 Å². The van der Waals surface area contributed by atoms with Crippen LogP contribution in [0.3, 0.4) is 0 Å². The summed E-state index contributed by atoms with van der Waals surface area (Å²) in [5.74, 6) is 1.58. The molecule has 1 N–H and O–H groups in total. The topological polar surface area (TPSA) is 105 Å². The van der Waals surface area contributed by atoms with Crippen LogP contribution in [0.4, 0.5) is 5.95 Å². The first-order valence-corrected chi connectivity index (χ1v) is 10.7. The Hall–Kier alpha value is -4.34. The molecule has 176 valence electrons. The summed E-state index contributed by atoms with van der Waals surface area (Å²) in [7, 11) is 4.87. The van der Waals surface area contributed by atoms with E-state index in [0.717, 1.165) is 11.1 Å². The highest BCUT2D eigenvalue weighted by atomic mass is 16.5. The van der Waals surface area contributed by atoms with Gasteiger partial charge in [0.05, 0.1) is 26.5 Å². The Balaban J connectivity index is 1.65. The van der Waals surface area contributed by atoms with E-state index in [2.05, 4.69) is 15.5 Å². The summed E-state index contributed by atoms with van der Waals surface area (Å²) < 4.78 is 15.1. The molecule has 0 bridgehead atoms. The monoisotopic (exact) mass is 462 g/mol. The lowest BCUT2D eigenvalue weighted by atomic mass is 10.2. The molecule has 10 heteroatoms. The highest BCUT2D eigenvalue weighted by molar-refractivity contribution is 5.81. The van der Waals surface area contributed by atoms with Crippen LogP contribution in [0.2, 0.25) is 0 Å². The third kappa shape index (κ3) is 4.29. The van der Waals surface area contributed by atoms with Gasteiger partial charge in [0.1, 0.15) is 0 Å². The zero-order valence-corrected chi connectivity index (χ0v) is 19.5. The average Bonchev–Trinajstić information content (AvgIpc) is 3.18. The molecule has 4 aromatic rings. The lowest BCUT2D eigenvalue weighted by Gasteiger charge is -2.09. The van der Waals surface area contributed by atoms with Crippen molar-refractivity contribution in [1.29, 1.82) is 0 Å². The SMILES string of the molecule is CCOc1ccc(/C=N\Nc2nc3c(c(=O)n(Cc4ccccc4)c(=O)n3C)n2C)cc1OC. The number of rotatable bonds is 8. The minimum absolute atomic E-state index is 0.175. The molecule has 0 atom stereocenters. The molecule has 0 aliphatic heterocycles. The normalized spacial score (nSPS) is 11.3. The Bertz CT molecular complexity index is 1470. The standard InChI is InChI=1S/C24H26N6O4/c1-5-34-18-12-11-17(13-19(18)33-4)14-25-27-23-26-21-20(28(23)2)22(31)30(24(32)29(21)3)15-16-9-7-6-8-10-16/h6-14H,5,15H2,1-4H3,(H,26,27)/b25-14-. The molecule has 0 fully saturated rings. The van der Waals surface area contributed by atoms with Crippen LogP contribution in [0.1, 0.15) is 18.1 Å². The van der Waals surface area contributed by atoms with E-state index in [4.69, 9.17) is 9.47 Å². The maximum absolute atomic E-state index is 13.2. The molecule has 2 heterocycles. The lowest BCUT2D eigenvalue weighted by Crippen LogP contribution is -2.39. The number of aromatic nitrogens is 4. The molecule has 0 aliphatic carbocycles. The molecular weight excluding hydrogens is 436 g/mol. The van der Waals surface area contributed by atoms with Gasteiger partial charge in [-0.2, -0.15) is 10.1 Å². The molecule has 4 rings (SSSR count). The summed E-state index contributed by atoms with van der Waals surface area (Å²) in [5.41, 5.74) is 4.23. The smallest absolute Gasteiger partial charge is 0.332 e. The Morgan fingerprint density at radius 2 is 1.82 bits per heavy atom. The molecule has 0 saturated carbocycles. The zero-order chi connectivity index (χ0) is 24.2. The van der Waals surface area contributed by atoms with Crippen molar-refractivity contribution in [3.05, 3.63) is 80.5 Å². The van der Waals surface area contributed by atoms with Gasteiger partial charge in [0.25, 0.3) is 5.56 Å². The largest absolute Gasteiger partial charge is 0.493 e. The van der Waals surface area contributed by atoms with Gasteiger partial charge in [-0.3, -0.25) is 13.9 Å². The number of nitrogens with one attached hydrogen (secondary N) is 1. The van der Waals surface area contributed by atoms with Crippen molar-refractivity contribution in [3.63, 3.8) is 0 Å². The number of hydrogen-bond donors (Lipinski definition) is 1. The number of hydrazone groups is 1. The molecule has 0 radical (unpaired) electrons. The van der Waals surface area contributed by atoms with E-state index >= 15 is 0 Å². The van der Waals surface area contributed by atoms with Crippen molar-refractivity contribution in [1.82, 2.24) is 18.7 Å². The molecule has 34 heavy (non-hydrogen) atoms. The van der Waals surface area contributed by atoms with Gasteiger partial charge in [-0.1, -0.05) is 30.3 Å². The molecule has 0 unspecified atom stereocenters. The van der Waals surface area contributed by atoms with E-state index < -0.39 is 11.2 Å². The summed E-state index contributed by atoms with van der Waals surface area (Å²) in [6.45, 7) is 2.61. The van der Waals surface area contributed by atoms with Crippen molar-refractivity contribution in [3.8, 4) is 11.5 Å². The van der Waals surface area contributed by atoms with E-state index in [9.17, 15) is 9.59 Å². The minimum atomic E-state index is -0.434. The fourth-order valence-corrected chi connectivity index (χ4v) is 3.65. The van der Waals surface area contributed by atoms with Crippen molar-refractivity contribution < 1.29 is 9.47 Å². The number of methoxy groups -OCH3 is 1. The number of nitrogens with zero attached hydrogens (tertiary/aromatic N) is 5. The quantitative estimate of drug-likeness (QED) is 0.318. The summed E-state index contributed by atoms with van der Waals surface area (Å²) in [6, 6.07) is 14.8. The Morgan fingerprint density at radius 1 is 1.06 bits per heavy atom. The van der Waals surface area contributed by atoms with Crippen LogP contribution < -0.4 is 26.1 Å². The van der Waals surface area contributed by atoms with E-state index in [1.54, 1.807) is 38.1 Å². The van der Waals surface area contributed by atoms with Gasteiger partial charge in [0.15, 0.2) is 22.7 Å². The molecule has 2 aromatic heterocycles. The summed E-state index contributed by atoms with van der Waals surface area (Å²) in [4.78, 5) is 30.5. The molecule has 0 saturated heterocycles. The second-order valence-electron chi connectivity index (χ2n) is 7.60. The summed E-state index contributed by atoms with van der Waals surface area (Å²) in [6.07, 6.45) is 1.60. The second kappa shape index (κ2) is 9.65. The first-order valence-electron chi connectivity index (χ1n) is 10.7. The van der Waals surface area contributed by atoms with E-state index in [-0.39, 0.29) is 12.2 Å². The van der Waals surface area contributed by atoms with Crippen molar-refractivity contribution >= 4 is 23.3 Å². The Kier molecular flexibility index (Phi) is 6.48. The van der Waals surface area contributed by atoms with Crippen LogP contribution in [0.25, 0.3) is 11.2 Å². The molecule has 10 nitrogen and oxygen atoms in total. The second-order valence-corrected chi connectivity index (χ2v) is 7.60. The van der Waals surface area contributed by atoms with Crippen molar-refractivity contribution in [2.45, 2.75) is 13.5 Å². The summed E-state index contributed by atoms with van der Waals surface area (Å²) in [5, 5.41) is 4.24. The van der Waals surface area contributed by atoms with Gasteiger partial charge in [-0.25, -0.2) is 10.2 Å². The predicted octanol–water partition coefficient (Wildman–Crippen LogP) is 2.34. The highest BCUT2D eigenvalue weighted by Crippen LogP contribution is 2.27. The average molecular weight is 463 g/mol. The van der Waals surface area contributed by atoms with Crippen LogP contribution in [0.5, 0.6) is 11.5 Å². The fraction of sp³-hybridized carbons (Fsp3) is 0.250. The number of ether oxygens (including phenoxy) is 2. The lowest BCUT2D eigenvalue weighted by molar-refractivity contribution is 0.311. The predicted molar refractivity (Wildman–Crippen MR) is 131 cm³/mol. The van der Waals surface area contributed by atoms with Crippen LogP contribution in [0.15, 0.2) is 63.2 Å². The molecule has 0 aliphatic rings. The summed E-state index contributed by atoms with van der Waals surface area (Å²) >= 11 is 0.